The number of aromatic nitrogens is 1. The molecule has 1 amide bonds. The van der Waals surface area contributed by atoms with Crippen LogP contribution in [0.3, 0.4) is 0 Å². The molecule has 0 saturated heterocycles. The molecule has 0 aliphatic carbocycles. The molecule has 4 aromatic carbocycles. The van der Waals surface area contributed by atoms with Gasteiger partial charge in [-0.1, -0.05) is 67.4 Å². The summed E-state index contributed by atoms with van der Waals surface area (Å²) in [6.45, 7) is 4.36. The topological polar surface area (TPSA) is 55.1 Å². The largest absolute Gasteiger partial charge is 0.436 e. The summed E-state index contributed by atoms with van der Waals surface area (Å²) in [6, 6.07) is 22.4. The molecule has 0 saturated carbocycles. The predicted molar refractivity (Wildman–Crippen MR) is 140 cm³/mol. The number of hydrogen-bond acceptors (Lipinski definition) is 3. The first-order valence-electron chi connectivity index (χ1n) is 11.1. The third kappa shape index (κ3) is 4.15. The van der Waals surface area contributed by atoms with Gasteiger partial charge >= 0.3 is 0 Å². The lowest BCUT2D eigenvalue weighted by Gasteiger charge is -2.11. The summed E-state index contributed by atoms with van der Waals surface area (Å²) in [4.78, 5) is 17.8. The van der Waals surface area contributed by atoms with Crippen LogP contribution < -0.4 is 5.32 Å². The second kappa shape index (κ2) is 9.13. The lowest BCUT2D eigenvalue weighted by molar-refractivity contribution is 0.102. The number of fused-ring (bicyclic) bond motifs is 2. The molecule has 0 bridgehead atoms. The number of amides is 1. The second-order valence-electron chi connectivity index (χ2n) is 8.34. The number of carbonyl (C=O) groups is 1. The Bertz CT molecular complexity index is 1540. The van der Waals surface area contributed by atoms with E-state index in [1.54, 1.807) is 24.3 Å². The molecular formula is C28H22Cl2N2O2. The van der Waals surface area contributed by atoms with Crippen molar-refractivity contribution in [1.29, 1.82) is 0 Å². The van der Waals surface area contributed by atoms with Crippen LogP contribution in [0.2, 0.25) is 10.0 Å². The molecule has 6 heteroatoms. The van der Waals surface area contributed by atoms with Crippen LogP contribution in [0.1, 0.15) is 42.1 Å². The van der Waals surface area contributed by atoms with Crippen LogP contribution in [-0.4, -0.2) is 10.9 Å². The molecule has 0 aliphatic heterocycles. The first-order chi connectivity index (χ1) is 16.4. The lowest BCUT2D eigenvalue weighted by atomic mass is 9.98. The summed E-state index contributed by atoms with van der Waals surface area (Å²) in [7, 11) is 0. The van der Waals surface area contributed by atoms with Gasteiger partial charge in [0.05, 0.1) is 10.7 Å². The molecule has 170 valence electrons. The second-order valence-corrected chi connectivity index (χ2v) is 9.16. The maximum absolute atomic E-state index is 13.2. The van der Waals surface area contributed by atoms with Gasteiger partial charge in [0.2, 0.25) is 5.89 Å². The Morgan fingerprint density at radius 3 is 2.59 bits per heavy atom. The average Bonchev–Trinajstić information content (AvgIpc) is 3.28. The van der Waals surface area contributed by atoms with Crippen molar-refractivity contribution in [1.82, 2.24) is 4.98 Å². The molecule has 0 spiro atoms. The Hall–Kier alpha value is -3.34. The van der Waals surface area contributed by atoms with Gasteiger partial charge in [0.1, 0.15) is 5.52 Å². The quantitative estimate of drug-likeness (QED) is 0.269. The molecule has 34 heavy (non-hydrogen) atoms. The van der Waals surface area contributed by atoms with Gasteiger partial charge in [0.15, 0.2) is 5.58 Å². The van der Waals surface area contributed by atoms with E-state index < -0.39 is 0 Å². The van der Waals surface area contributed by atoms with E-state index in [0.29, 0.717) is 33.1 Å². The zero-order valence-electron chi connectivity index (χ0n) is 18.7. The number of halogens is 2. The Kier molecular flexibility index (Phi) is 6.03. The van der Waals surface area contributed by atoms with E-state index in [1.807, 2.05) is 36.4 Å². The zero-order chi connectivity index (χ0) is 23.8. The van der Waals surface area contributed by atoms with Crippen molar-refractivity contribution in [3.63, 3.8) is 0 Å². The minimum Gasteiger partial charge on any atom is -0.436 e. The summed E-state index contributed by atoms with van der Waals surface area (Å²) in [5.41, 5.74) is 4.47. The van der Waals surface area contributed by atoms with Crippen molar-refractivity contribution in [2.75, 3.05) is 5.32 Å². The van der Waals surface area contributed by atoms with Gasteiger partial charge < -0.3 is 9.73 Å². The highest BCUT2D eigenvalue weighted by Gasteiger charge is 2.16. The summed E-state index contributed by atoms with van der Waals surface area (Å²) in [5, 5.41) is 5.54. The number of oxazole rings is 1. The van der Waals surface area contributed by atoms with E-state index >= 15 is 0 Å². The van der Waals surface area contributed by atoms with Crippen molar-refractivity contribution in [2.24, 2.45) is 0 Å². The van der Waals surface area contributed by atoms with E-state index in [4.69, 9.17) is 27.6 Å². The Morgan fingerprint density at radius 2 is 1.76 bits per heavy atom. The molecule has 4 nitrogen and oxygen atoms in total. The first kappa shape index (κ1) is 22.5. The number of hydrogen-bond donors (Lipinski definition) is 1. The molecule has 1 heterocycles. The molecule has 1 N–H and O–H groups in total. The highest BCUT2D eigenvalue weighted by Crippen LogP contribution is 2.33. The highest BCUT2D eigenvalue weighted by atomic mass is 35.5. The number of nitrogens with one attached hydrogen (secondary N) is 1. The third-order valence-electron chi connectivity index (χ3n) is 6.17. The van der Waals surface area contributed by atoms with Crippen LogP contribution in [0.25, 0.3) is 33.3 Å². The minimum atomic E-state index is -0.275. The highest BCUT2D eigenvalue weighted by molar-refractivity contribution is 6.36. The monoisotopic (exact) mass is 488 g/mol. The Balaban J connectivity index is 1.48. The Morgan fingerprint density at radius 1 is 0.971 bits per heavy atom. The van der Waals surface area contributed by atoms with Crippen LogP contribution >= 0.6 is 23.2 Å². The summed E-state index contributed by atoms with van der Waals surface area (Å²) < 4.78 is 6.00. The van der Waals surface area contributed by atoms with Crippen LogP contribution in [0, 0.1) is 0 Å². The van der Waals surface area contributed by atoms with Crippen molar-refractivity contribution in [3.05, 3.63) is 94.0 Å². The van der Waals surface area contributed by atoms with Gasteiger partial charge in [-0.05, 0) is 65.8 Å². The van der Waals surface area contributed by atoms with Gasteiger partial charge in [-0.3, -0.25) is 4.79 Å². The van der Waals surface area contributed by atoms with Crippen LogP contribution in [0.4, 0.5) is 5.69 Å². The van der Waals surface area contributed by atoms with Gasteiger partial charge in [0.25, 0.3) is 5.91 Å². The van der Waals surface area contributed by atoms with E-state index in [1.165, 1.54) is 5.56 Å². The van der Waals surface area contributed by atoms with Crippen molar-refractivity contribution in [2.45, 2.75) is 26.2 Å². The fourth-order valence-electron chi connectivity index (χ4n) is 4.02. The fraction of sp³-hybridized carbons (Fsp3) is 0.143. The van der Waals surface area contributed by atoms with Crippen molar-refractivity contribution < 1.29 is 9.21 Å². The lowest BCUT2D eigenvalue weighted by Crippen LogP contribution is -2.12. The maximum atomic E-state index is 13.2. The molecule has 5 rings (SSSR count). The van der Waals surface area contributed by atoms with Gasteiger partial charge in [-0.15, -0.1) is 0 Å². The number of anilines is 1. The smallest absolute Gasteiger partial charge is 0.256 e. The summed E-state index contributed by atoms with van der Waals surface area (Å²) >= 11 is 12.7. The summed E-state index contributed by atoms with van der Waals surface area (Å²) in [6.07, 6.45) is 1.05. The number of benzene rings is 4. The SMILES string of the molecule is CC[C@@H](C)c1ccc2oc(-c3ccc(Cl)c(NC(=O)c4cccc5c(Cl)cccc45)c3)nc2c1. The molecule has 1 aromatic heterocycles. The first-order valence-corrected chi connectivity index (χ1v) is 11.9. The standard InChI is InChI=1S/C28H22Cl2N2O2/c1-3-16(2)17-11-13-26-25(14-17)32-28(34-26)18-10-12-23(30)24(15-18)31-27(33)21-8-4-7-20-19(21)6-5-9-22(20)29/h4-16H,3H2,1-2H3,(H,31,33)/t16-/m1/s1. The molecular weight excluding hydrogens is 467 g/mol. The van der Waals surface area contributed by atoms with E-state index in [0.717, 1.165) is 33.9 Å². The van der Waals surface area contributed by atoms with Crippen LogP contribution in [-0.2, 0) is 0 Å². The van der Waals surface area contributed by atoms with Crippen LogP contribution in [0.5, 0.6) is 0 Å². The fourth-order valence-corrected chi connectivity index (χ4v) is 4.43. The molecule has 0 fully saturated rings. The van der Waals surface area contributed by atoms with Gasteiger partial charge in [-0.25, -0.2) is 4.98 Å². The molecule has 0 radical (unpaired) electrons. The van der Waals surface area contributed by atoms with E-state index in [9.17, 15) is 4.79 Å². The molecule has 0 unspecified atom stereocenters. The van der Waals surface area contributed by atoms with Gasteiger partial charge in [0, 0.05) is 21.5 Å². The number of nitrogens with zero attached hydrogens (tertiary/aromatic N) is 1. The normalized spacial score (nSPS) is 12.2. The van der Waals surface area contributed by atoms with Crippen LogP contribution in [0.15, 0.2) is 77.2 Å². The van der Waals surface area contributed by atoms with Crippen molar-refractivity contribution >= 4 is 56.7 Å². The van der Waals surface area contributed by atoms with E-state index in [-0.39, 0.29) is 5.91 Å². The number of rotatable bonds is 5. The average molecular weight is 489 g/mol. The van der Waals surface area contributed by atoms with Crippen molar-refractivity contribution in [3.8, 4) is 11.5 Å². The zero-order valence-corrected chi connectivity index (χ0v) is 20.2. The van der Waals surface area contributed by atoms with E-state index in [2.05, 4.69) is 36.3 Å². The Labute approximate surface area is 207 Å². The molecule has 1 atom stereocenters. The third-order valence-corrected chi connectivity index (χ3v) is 6.83. The number of carbonyl (C=O) groups excluding carboxylic acids is 1. The minimum absolute atomic E-state index is 0.275. The molecule has 5 aromatic rings. The van der Waals surface area contributed by atoms with Gasteiger partial charge in [-0.2, -0.15) is 0 Å². The predicted octanol–water partition coefficient (Wildman–Crippen LogP) is 8.72. The maximum Gasteiger partial charge on any atom is 0.256 e. The summed E-state index contributed by atoms with van der Waals surface area (Å²) in [5.74, 6) is 0.647. The molecule has 0 aliphatic rings.